The van der Waals surface area contributed by atoms with E-state index in [2.05, 4.69) is 5.32 Å². The van der Waals surface area contributed by atoms with Crippen molar-refractivity contribution in [3.05, 3.63) is 53.6 Å². The fourth-order valence-corrected chi connectivity index (χ4v) is 2.65. The van der Waals surface area contributed by atoms with Gasteiger partial charge in [-0.05, 0) is 62.2 Å². The lowest BCUT2D eigenvalue weighted by atomic mass is 10.2. The predicted octanol–water partition coefficient (Wildman–Crippen LogP) is 3.99. The monoisotopic (exact) mass is 413 g/mol. The van der Waals surface area contributed by atoms with Gasteiger partial charge in [-0.3, -0.25) is 4.79 Å². The first kappa shape index (κ1) is 22.8. The van der Waals surface area contributed by atoms with Gasteiger partial charge in [-0.15, -0.1) is 0 Å². The van der Waals surface area contributed by atoms with Crippen molar-refractivity contribution in [1.82, 2.24) is 0 Å². The Morgan fingerprint density at radius 2 is 1.73 bits per heavy atom. The maximum absolute atomic E-state index is 12.4. The zero-order valence-electron chi connectivity index (χ0n) is 17.9. The molecule has 160 valence electrons. The number of hydrogen-bond donors (Lipinski definition) is 1. The molecule has 0 unspecified atom stereocenters. The van der Waals surface area contributed by atoms with E-state index >= 15 is 0 Å². The van der Waals surface area contributed by atoms with Crippen molar-refractivity contribution >= 4 is 23.6 Å². The van der Waals surface area contributed by atoms with E-state index in [1.807, 2.05) is 19.9 Å². The van der Waals surface area contributed by atoms with Crippen LogP contribution in [0.2, 0.25) is 0 Å². The van der Waals surface area contributed by atoms with E-state index < -0.39 is 18.0 Å². The highest BCUT2D eigenvalue weighted by atomic mass is 16.5. The van der Waals surface area contributed by atoms with Gasteiger partial charge >= 0.3 is 5.97 Å². The molecule has 7 nitrogen and oxygen atoms in total. The Morgan fingerprint density at radius 3 is 2.40 bits per heavy atom. The summed E-state index contributed by atoms with van der Waals surface area (Å²) in [5, 5.41) is 2.72. The van der Waals surface area contributed by atoms with Crippen LogP contribution in [0, 0.1) is 6.92 Å². The molecule has 0 aromatic heterocycles. The molecule has 2 rings (SSSR count). The van der Waals surface area contributed by atoms with E-state index in [1.54, 1.807) is 43.5 Å². The van der Waals surface area contributed by atoms with Crippen LogP contribution < -0.4 is 19.5 Å². The van der Waals surface area contributed by atoms with Crippen molar-refractivity contribution in [3.8, 4) is 17.2 Å². The summed E-state index contributed by atoms with van der Waals surface area (Å²) in [6.45, 7) is 5.77. The number of esters is 1. The lowest BCUT2D eigenvalue weighted by Crippen LogP contribution is -2.29. The second-order valence-electron chi connectivity index (χ2n) is 6.45. The smallest absolute Gasteiger partial charge is 0.331 e. The standard InChI is InChI=1S/C23H27NO6/c1-6-29-21-14-17(8-11-20(21)28-5)9-12-22(25)30-16(3)23(26)24-18-13-15(2)7-10-19(18)27-4/h7-14,16H,6H2,1-5H3,(H,24,26)/b12-9+/t16-/m0/s1. The fourth-order valence-electron chi connectivity index (χ4n) is 2.65. The first-order valence-corrected chi connectivity index (χ1v) is 9.53. The van der Waals surface area contributed by atoms with E-state index in [0.717, 1.165) is 11.1 Å². The van der Waals surface area contributed by atoms with Gasteiger partial charge in [0.1, 0.15) is 5.75 Å². The lowest BCUT2D eigenvalue weighted by molar-refractivity contribution is -0.148. The molecule has 0 heterocycles. The Balaban J connectivity index is 1.99. The Bertz CT molecular complexity index is 922. The zero-order chi connectivity index (χ0) is 22.1. The summed E-state index contributed by atoms with van der Waals surface area (Å²) < 4.78 is 21.2. The van der Waals surface area contributed by atoms with Gasteiger partial charge in [-0.25, -0.2) is 4.79 Å². The number of carbonyl (C=O) groups is 2. The number of anilines is 1. The number of carbonyl (C=O) groups excluding carboxylic acids is 2. The number of benzene rings is 2. The molecule has 0 aliphatic rings. The molecule has 0 spiro atoms. The van der Waals surface area contributed by atoms with Crippen molar-refractivity contribution in [2.75, 3.05) is 26.1 Å². The first-order valence-electron chi connectivity index (χ1n) is 9.53. The number of ether oxygens (including phenoxy) is 4. The topological polar surface area (TPSA) is 83.1 Å². The molecule has 0 aliphatic carbocycles. The number of methoxy groups -OCH3 is 2. The second kappa shape index (κ2) is 10.9. The third-order valence-electron chi connectivity index (χ3n) is 4.17. The van der Waals surface area contributed by atoms with Crippen molar-refractivity contribution in [3.63, 3.8) is 0 Å². The minimum absolute atomic E-state index is 0.455. The number of aryl methyl sites for hydroxylation is 1. The molecule has 1 N–H and O–H groups in total. The third kappa shape index (κ3) is 6.27. The largest absolute Gasteiger partial charge is 0.495 e. The van der Waals surface area contributed by atoms with Crippen LogP contribution in [0.4, 0.5) is 5.69 Å². The van der Waals surface area contributed by atoms with Crippen molar-refractivity contribution in [2.24, 2.45) is 0 Å². The van der Waals surface area contributed by atoms with Crippen LogP contribution in [0.3, 0.4) is 0 Å². The van der Waals surface area contributed by atoms with Crippen LogP contribution in [-0.4, -0.2) is 38.8 Å². The molecule has 2 aromatic rings. The summed E-state index contributed by atoms with van der Waals surface area (Å²) in [7, 11) is 3.08. The summed E-state index contributed by atoms with van der Waals surface area (Å²) >= 11 is 0. The average molecular weight is 413 g/mol. The van der Waals surface area contributed by atoms with Gasteiger partial charge < -0.3 is 24.3 Å². The summed E-state index contributed by atoms with van der Waals surface area (Å²) in [4.78, 5) is 24.5. The molecule has 1 atom stereocenters. The Morgan fingerprint density at radius 1 is 1.03 bits per heavy atom. The van der Waals surface area contributed by atoms with Gasteiger partial charge in [-0.2, -0.15) is 0 Å². The summed E-state index contributed by atoms with van der Waals surface area (Å²) in [5.41, 5.74) is 2.21. The second-order valence-corrected chi connectivity index (χ2v) is 6.45. The van der Waals surface area contributed by atoms with E-state index in [4.69, 9.17) is 18.9 Å². The average Bonchev–Trinajstić information content (AvgIpc) is 2.72. The zero-order valence-corrected chi connectivity index (χ0v) is 17.9. The maximum Gasteiger partial charge on any atom is 0.331 e. The lowest BCUT2D eigenvalue weighted by Gasteiger charge is -2.15. The van der Waals surface area contributed by atoms with E-state index in [9.17, 15) is 9.59 Å². The van der Waals surface area contributed by atoms with Crippen LogP contribution in [0.15, 0.2) is 42.5 Å². The molecule has 1 amide bonds. The molecule has 0 saturated heterocycles. The maximum atomic E-state index is 12.4. The van der Waals surface area contributed by atoms with Gasteiger partial charge in [-0.1, -0.05) is 12.1 Å². The van der Waals surface area contributed by atoms with Crippen LogP contribution in [0.5, 0.6) is 17.2 Å². The summed E-state index contributed by atoms with van der Waals surface area (Å²) in [6.07, 6.45) is 1.86. The highest BCUT2D eigenvalue weighted by Crippen LogP contribution is 2.28. The fraction of sp³-hybridized carbons (Fsp3) is 0.304. The molecule has 0 bridgehead atoms. The molecule has 0 saturated carbocycles. The van der Waals surface area contributed by atoms with E-state index in [0.29, 0.717) is 29.5 Å². The van der Waals surface area contributed by atoms with Crippen molar-refractivity contribution in [1.29, 1.82) is 0 Å². The van der Waals surface area contributed by atoms with Crippen LogP contribution >= 0.6 is 0 Å². The van der Waals surface area contributed by atoms with Gasteiger partial charge in [0, 0.05) is 6.08 Å². The predicted molar refractivity (Wildman–Crippen MR) is 115 cm³/mol. The molecule has 30 heavy (non-hydrogen) atoms. The molecule has 0 fully saturated rings. The van der Waals surface area contributed by atoms with Crippen LogP contribution in [0.1, 0.15) is 25.0 Å². The number of nitrogens with one attached hydrogen (secondary N) is 1. The van der Waals surface area contributed by atoms with Crippen molar-refractivity contribution in [2.45, 2.75) is 26.9 Å². The minimum Gasteiger partial charge on any atom is -0.495 e. The Hall–Kier alpha value is -3.48. The first-order chi connectivity index (χ1) is 14.4. The number of hydrogen-bond acceptors (Lipinski definition) is 6. The Kier molecular flexibility index (Phi) is 8.29. The molecular formula is C23H27NO6. The van der Waals surface area contributed by atoms with Crippen LogP contribution in [-0.2, 0) is 14.3 Å². The highest BCUT2D eigenvalue weighted by Gasteiger charge is 2.18. The van der Waals surface area contributed by atoms with Gasteiger partial charge in [0.15, 0.2) is 17.6 Å². The van der Waals surface area contributed by atoms with E-state index in [-0.39, 0.29) is 0 Å². The quantitative estimate of drug-likeness (QED) is 0.494. The van der Waals surface area contributed by atoms with Gasteiger partial charge in [0.05, 0.1) is 26.5 Å². The van der Waals surface area contributed by atoms with Gasteiger partial charge in [0.2, 0.25) is 0 Å². The molecule has 0 aliphatic heterocycles. The molecular weight excluding hydrogens is 386 g/mol. The molecule has 0 radical (unpaired) electrons. The summed E-state index contributed by atoms with van der Waals surface area (Å²) in [5.74, 6) is 0.618. The minimum atomic E-state index is -0.984. The van der Waals surface area contributed by atoms with Gasteiger partial charge in [0.25, 0.3) is 5.91 Å². The SMILES string of the molecule is CCOc1cc(/C=C/C(=O)O[C@@H](C)C(=O)Nc2cc(C)ccc2OC)ccc1OC. The molecule has 7 heteroatoms. The summed E-state index contributed by atoms with van der Waals surface area (Å²) in [6, 6.07) is 10.7. The van der Waals surface area contributed by atoms with Crippen molar-refractivity contribution < 1.29 is 28.5 Å². The van der Waals surface area contributed by atoms with Crippen LogP contribution in [0.25, 0.3) is 6.08 Å². The molecule has 2 aromatic carbocycles. The Labute approximate surface area is 176 Å². The number of amides is 1. The highest BCUT2D eigenvalue weighted by molar-refractivity contribution is 5.97. The normalized spacial score (nSPS) is 11.6. The van der Waals surface area contributed by atoms with E-state index in [1.165, 1.54) is 20.1 Å². The third-order valence-corrected chi connectivity index (χ3v) is 4.17. The number of rotatable bonds is 9.